The second-order valence-electron chi connectivity index (χ2n) is 5.21. The van der Waals surface area contributed by atoms with E-state index in [1.165, 1.54) is 0 Å². The summed E-state index contributed by atoms with van der Waals surface area (Å²) in [6.07, 6.45) is 3.09. The van der Waals surface area contributed by atoms with E-state index in [9.17, 15) is 0 Å². The zero-order chi connectivity index (χ0) is 14.4. The largest absolute Gasteiger partial charge is 0.378 e. The number of anilines is 2. The van der Waals surface area contributed by atoms with Crippen molar-refractivity contribution in [1.82, 2.24) is 9.97 Å². The van der Waals surface area contributed by atoms with E-state index >= 15 is 0 Å². The van der Waals surface area contributed by atoms with Gasteiger partial charge in [-0.3, -0.25) is 0 Å². The second-order valence-corrected chi connectivity index (χ2v) is 5.21. The summed E-state index contributed by atoms with van der Waals surface area (Å²) in [4.78, 5) is 11.8. The van der Waals surface area contributed by atoms with Gasteiger partial charge < -0.3 is 15.0 Å². The summed E-state index contributed by atoms with van der Waals surface area (Å²) in [7, 11) is 0. The molecule has 0 amide bonds. The van der Waals surface area contributed by atoms with Crippen LogP contribution in [-0.2, 0) is 11.2 Å². The van der Waals surface area contributed by atoms with Gasteiger partial charge in [-0.15, -0.1) is 0 Å². The first kappa shape index (κ1) is 15.0. The van der Waals surface area contributed by atoms with Crippen LogP contribution in [0.1, 0.15) is 38.1 Å². The van der Waals surface area contributed by atoms with Gasteiger partial charge in [-0.1, -0.05) is 13.8 Å². The first-order chi connectivity index (χ1) is 9.76. The van der Waals surface area contributed by atoms with Gasteiger partial charge in [0.15, 0.2) is 0 Å². The minimum Gasteiger partial charge on any atom is -0.378 e. The Morgan fingerprint density at radius 3 is 2.55 bits per heavy atom. The Kier molecular flexibility index (Phi) is 5.59. The van der Waals surface area contributed by atoms with Gasteiger partial charge in [0, 0.05) is 31.6 Å². The van der Waals surface area contributed by atoms with Crippen molar-refractivity contribution in [3.05, 3.63) is 11.4 Å². The fourth-order valence-corrected chi connectivity index (χ4v) is 2.38. The van der Waals surface area contributed by atoms with Crippen LogP contribution in [0.5, 0.6) is 0 Å². The van der Waals surface area contributed by atoms with Crippen LogP contribution in [0.2, 0.25) is 0 Å². The molecule has 1 aliphatic heterocycles. The molecule has 0 aliphatic carbocycles. The Morgan fingerprint density at radius 2 is 1.90 bits per heavy atom. The molecule has 112 valence electrons. The third kappa shape index (κ3) is 3.60. The van der Waals surface area contributed by atoms with Gasteiger partial charge in [0.2, 0.25) is 0 Å². The van der Waals surface area contributed by atoms with Crippen LogP contribution in [0.25, 0.3) is 0 Å². The summed E-state index contributed by atoms with van der Waals surface area (Å²) >= 11 is 0. The van der Waals surface area contributed by atoms with Crippen LogP contribution in [-0.4, -0.2) is 42.8 Å². The van der Waals surface area contributed by atoms with E-state index in [-0.39, 0.29) is 0 Å². The third-order valence-electron chi connectivity index (χ3n) is 3.49. The summed E-state index contributed by atoms with van der Waals surface area (Å²) in [5, 5.41) is 3.43. The first-order valence-corrected chi connectivity index (χ1v) is 7.70. The molecule has 5 heteroatoms. The Morgan fingerprint density at radius 1 is 1.15 bits per heavy atom. The number of nitrogens with zero attached hydrogens (tertiary/aromatic N) is 3. The van der Waals surface area contributed by atoms with Crippen molar-refractivity contribution in [3.8, 4) is 0 Å². The van der Waals surface area contributed by atoms with Gasteiger partial charge in [-0.2, -0.15) is 0 Å². The molecule has 1 aromatic heterocycles. The molecule has 1 fully saturated rings. The molecule has 0 radical (unpaired) electrons. The molecule has 2 heterocycles. The van der Waals surface area contributed by atoms with Crippen LogP contribution < -0.4 is 10.2 Å². The maximum absolute atomic E-state index is 5.43. The fraction of sp³-hybridized carbons (Fsp3) is 0.733. The summed E-state index contributed by atoms with van der Waals surface area (Å²) < 4.78 is 5.43. The maximum atomic E-state index is 5.43. The maximum Gasteiger partial charge on any atom is 0.137 e. The Bertz CT molecular complexity index is 430. The van der Waals surface area contributed by atoms with Crippen molar-refractivity contribution in [2.75, 3.05) is 43.1 Å². The molecule has 5 nitrogen and oxygen atoms in total. The number of aromatic nitrogens is 2. The van der Waals surface area contributed by atoms with Crippen molar-refractivity contribution in [2.24, 2.45) is 0 Å². The van der Waals surface area contributed by atoms with Crippen LogP contribution in [0.15, 0.2) is 0 Å². The highest BCUT2D eigenvalue weighted by atomic mass is 16.5. The van der Waals surface area contributed by atoms with Crippen molar-refractivity contribution >= 4 is 11.6 Å². The Labute approximate surface area is 121 Å². The van der Waals surface area contributed by atoms with Gasteiger partial charge in [0.05, 0.1) is 13.2 Å². The number of hydrogen-bond donors (Lipinski definition) is 1. The molecule has 0 atom stereocenters. The number of morpholine rings is 1. The van der Waals surface area contributed by atoms with E-state index in [1.807, 2.05) is 0 Å². The minimum atomic E-state index is 0.782. The number of rotatable bonds is 6. The molecular weight excluding hydrogens is 252 g/mol. The number of ether oxygens (including phenoxy) is 1. The lowest BCUT2D eigenvalue weighted by atomic mass is 10.2. The van der Waals surface area contributed by atoms with Gasteiger partial charge in [-0.25, -0.2) is 9.97 Å². The third-order valence-corrected chi connectivity index (χ3v) is 3.49. The Balaban J connectivity index is 2.29. The second kappa shape index (κ2) is 7.43. The molecule has 0 unspecified atom stereocenters. The van der Waals surface area contributed by atoms with Crippen molar-refractivity contribution < 1.29 is 4.74 Å². The lowest BCUT2D eigenvalue weighted by molar-refractivity contribution is 0.122. The smallest absolute Gasteiger partial charge is 0.137 e. The topological polar surface area (TPSA) is 50.3 Å². The van der Waals surface area contributed by atoms with E-state index < -0.39 is 0 Å². The summed E-state index contributed by atoms with van der Waals surface area (Å²) in [5.41, 5.74) is 1.15. The van der Waals surface area contributed by atoms with E-state index in [0.717, 1.165) is 75.1 Å². The molecule has 2 rings (SSSR count). The van der Waals surface area contributed by atoms with E-state index in [1.54, 1.807) is 0 Å². The van der Waals surface area contributed by atoms with Crippen LogP contribution >= 0.6 is 0 Å². The van der Waals surface area contributed by atoms with Crippen LogP contribution in [0, 0.1) is 6.92 Å². The van der Waals surface area contributed by atoms with Crippen molar-refractivity contribution in [1.29, 1.82) is 0 Å². The van der Waals surface area contributed by atoms with Gasteiger partial charge in [0.1, 0.15) is 17.5 Å². The molecule has 1 aliphatic rings. The zero-order valence-electron chi connectivity index (χ0n) is 12.9. The monoisotopic (exact) mass is 278 g/mol. The molecular formula is C15H26N4O. The fourth-order valence-electron chi connectivity index (χ4n) is 2.38. The number of aryl methyl sites for hydroxylation is 1. The highest BCUT2D eigenvalue weighted by Crippen LogP contribution is 2.24. The van der Waals surface area contributed by atoms with Crippen LogP contribution in [0.3, 0.4) is 0 Å². The first-order valence-electron chi connectivity index (χ1n) is 7.70. The lowest BCUT2D eigenvalue weighted by Gasteiger charge is -2.30. The average Bonchev–Trinajstić information content (AvgIpc) is 2.48. The average molecular weight is 278 g/mol. The van der Waals surface area contributed by atoms with Gasteiger partial charge >= 0.3 is 0 Å². The minimum absolute atomic E-state index is 0.782. The quantitative estimate of drug-likeness (QED) is 0.866. The molecule has 0 aromatic carbocycles. The van der Waals surface area contributed by atoms with E-state index in [0.29, 0.717) is 0 Å². The molecule has 1 saturated heterocycles. The van der Waals surface area contributed by atoms with Crippen LogP contribution in [0.4, 0.5) is 11.6 Å². The molecule has 0 saturated carbocycles. The molecule has 20 heavy (non-hydrogen) atoms. The predicted molar refractivity (Wildman–Crippen MR) is 82.6 cm³/mol. The standard InChI is InChI=1S/C15H26N4O/c1-4-6-13-17-14(16-7-5-2)12(3)15(18-13)19-8-10-20-11-9-19/h4-11H2,1-3H3,(H,16,17,18). The predicted octanol–water partition coefficient (Wildman–Crippen LogP) is 2.40. The normalized spacial score (nSPS) is 15.4. The molecule has 1 N–H and O–H groups in total. The number of hydrogen-bond acceptors (Lipinski definition) is 5. The van der Waals surface area contributed by atoms with E-state index in [4.69, 9.17) is 9.72 Å². The highest BCUT2D eigenvalue weighted by Gasteiger charge is 2.18. The highest BCUT2D eigenvalue weighted by molar-refractivity contribution is 5.58. The summed E-state index contributed by atoms with van der Waals surface area (Å²) in [6, 6.07) is 0. The zero-order valence-corrected chi connectivity index (χ0v) is 12.9. The Hall–Kier alpha value is -1.36. The summed E-state index contributed by atoms with van der Waals surface area (Å²) in [5.74, 6) is 3.01. The molecule has 0 spiro atoms. The van der Waals surface area contributed by atoms with E-state index in [2.05, 4.69) is 36.0 Å². The van der Waals surface area contributed by atoms with Gasteiger partial charge in [-0.05, 0) is 19.8 Å². The molecule has 1 aromatic rings. The SMILES string of the molecule is CCCNc1nc(CCC)nc(N2CCOCC2)c1C. The van der Waals surface area contributed by atoms with Crippen molar-refractivity contribution in [2.45, 2.75) is 40.0 Å². The number of nitrogens with one attached hydrogen (secondary N) is 1. The van der Waals surface area contributed by atoms with Gasteiger partial charge in [0.25, 0.3) is 0 Å². The molecule has 0 bridgehead atoms. The lowest BCUT2D eigenvalue weighted by Crippen LogP contribution is -2.37. The van der Waals surface area contributed by atoms with Crippen molar-refractivity contribution in [3.63, 3.8) is 0 Å². The summed E-state index contributed by atoms with van der Waals surface area (Å²) in [6.45, 7) is 10.8.